The van der Waals surface area contributed by atoms with E-state index in [0.717, 1.165) is 11.5 Å². The van der Waals surface area contributed by atoms with Gasteiger partial charge in [-0.3, -0.25) is 9.20 Å². The van der Waals surface area contributed by atoms with Crippen LogP contribution in [0.15, 0.2) is 36.5 Å². The summed E-state index contributed by atoms with van der Waals surface area (Å²) < 4.78 is 1.88. The number of amides is 1. The lowest BCUT2D eigenvalue weighted by Crippen LogP contribution is -2.33. The first kappa shape index (κ1) is 12.8. The molecule has 0 radical (unpaired) electrons. The summed E-state index contributed by atoms with van der Waals surface area (Å²) in [6, 6.07) is 5.47. The predicted octanol–water partition coefficient (Wildman–Crippen LogP) is 0.810. The molecule has 0 bridgehead atoms. The molecule has 0 fully saturated rings. The Bertz CT molecular complexity index is 662. The highest BCUT2D eigenvalue weighted by atomic mass is 16.1. The summed E-state index contributed by atoms with van der Waals surface area (Å²) in [7, 11) is 0. The maximum Gasteiger partial charge on any atom is 0.227 e. The van der Waals surface area contributed by atoms with Crippen molar-refractivity contribution >= 4 is 11.6 Å². The number of fused-ring (bicyclic) bond motifs is 1. The minimum atomic E-state index is -0.204. The minimum absolute atomic E-state index is 0.0185. The second kappa shape index (κ2) is 5.05. The van der Waals surface area contributed by atoms with Gasteiger partial charge in [0.05, 0.1) is 12.0 Å². The largest absolute Gasteiger partial charge is 0.346 e. The fourth-order valence-electron chi connectivity index (χ4n) is 2.46. The Hall–Kier alpha value is -2.21. The van der Waals surface area contributed by atoms with Crippen molar-refractivity contribution < 1.29 is 4.79 Å². The molecule has 1 aliphatic carbocycles. The van der Waals surface area contributed by atoms with Crippen LogP contribution in [0.25, 0.3) is 5.65 Å². The standard InChI is InChI=1S/C14H17N5O/c1-9(16-14(20)10-5-6-11(15)8-10)13-18-17-12-4-2-3-7-19(12)13/h2-7,9-11H,8,15H2,1H3,(H,16,20). The van der Waals surface area contributed by atoms with Gasteiger partial charge < -0.3 is 11.1 Å². The van der Waals surface area contributed by atoms with Gasteiger partial charge in [-0.15, -0.1) is 10.2 Å². The molecule has 0 spiro atoms. The van der Waals surface area contributed by atoms with Gasteiger partial charge in [0, 0.05) is 12.2 Å². The van der Waals surface area contributed by atoms with Crippen LogP contribution in [0.3, 0.4) is 0 Å². The maximum atomic E-state index is 12.2. The van der Waals surface area contributed by atoms with Gasteiger partial charge in [0.2, 0.25) is 5.91 Å². The van der Waals surface area contributed by atoms with E-state index in [-0.39, 0.29) is 23.9 Å². The van der Waals surface area contributed by atoms with Crippen molar-refractivity contribution in [2.75, 3.05) is 0 Å². The smallest absolute Gasteiger partial charge is 0.227 e. The third-order valence-electron chi connectivity index (χ3n) is 3.54. The van der Waals surface area contributed by atoms with Crippen molar-refractivity contribution in [2.24, 2.45) is 11.7 Å². The van der Waals surface area contributed by atoms with E-state index in [4.69, 9.17) is 5.73 Å². The molecule has 3 rings (SSSR count). The minimum Gasteiger partial charge on any atom is -0.346 e. The van der Waals surface area contributed by atoms with Crippen LogP contribution >= 0.6 is 0 Å². The monoisotopic (exact) mass is 271 g/mol. The summed E-state index contributed by atoms with van der Waals surface area (Å²) in [6.45, 7) is 1.90. The van der Waals surface area contributed by atoms with Crippen LogP contribution in [0.2, 0.25) is 0 Å². The first-order valence-corrected chi connectivity index (χ1v) is 6.69. The molecule has 2 aromatic rings. The molecule has 0 saturated carbocycles. The van der Waals surface area contributed by atoms with Crippen LogP contribution < -0.4 is 11.1 Å². The Labute approximate surface area is 116 Å². The van der Waals surface area contributed by atoms with Crippen molar-refractivity contribution in [3.8, 4) is 0 Å². The molecule has 1 amide bonds. The van der Waals surface area contributed by atoms with Gasteiger partial charge in [-0.05, 0) is 25.5 Å². The zero-order valence-electron chi connectivity index (χ0n) is 11.2. The van der Waals surface area contributed by atoms with Crippen LogP contribution in [-0.4, -0.2) is 26.5 Å². The van der Waals surface area contributed by atoms with Crippen LogP contribution in [0.4, 0.5) is 0 Å². The Balaban J connectivity index is 1.74. The molecule has 2 aromatic heterocycles. The average molecular weight is 271 g/mol. The Morgan fingerprint density at radius 2 is 2.30 bits per heavy atom. The number of nitrogens with one attached hydrogen (secondary N) is 1. The number of carbonyl (C=O) groups excluding carboxylic acids is 1. The number of hydrogen-bond donors (Lipinski definition) is 2. The number of nitrogens with zero attached hydrogens (tertiary/aromatic N) is 3. The van der Waals surface area contributed by atoms with E-state index < -0.39 is 0 Å². The Morgan fingerprint density at radius 1 is 1.45 bits per heavy atom. The highest BCUT2D eigenvalue weighted by molar-refractivity contribution is 5.81. The molecule has 0 aromatic carbocycles. The van der Waals surface area contributed by atoms with E-state index in [2.05, 4.69) is 15.5 Å². The van der Waals surface area contributed by atoms with Gasteiger partial charge in [-0.1, -0.05) is 18.2 Å². The van der Waals surface area contributed by atoms with Gasteiger partial charge in [-0.2, -0.15) is 0 Å². The third-order valence-corrected chi connectivity index (χ3v) is 3.54. The van der Waals surface area contributed by atoms with Crippen LogP contribution in [0.1, 0.15) is 25.2 Å². The lowest BCUT2D eigenvalue weighted by molar-refractivity contribution is -0.124. The molecule has 3 N–H and O–H groups in total. The molecule has 0 saturated heterocycles. The predicted molar refractivity (Wildman–Crippen MR) is 74.8 cm³/mol. The van der Waals surface area contributed by atoms with E-state index >= 15 is 0 Å². The first-order valence-electron chi connectivity index (χ1n) is 6.69. The topological polar surface area (TPSA) is 85.3 Å². The summed E-state index contributed by atoms with van der Waals surface area (Å²) >= 11 is 0. The Kier molecular flexibility index (Phi) is 3.23. The van der Waals surface area contributed by atoms with Crippen LogP contribution in [0.5, 0.6) is 0 Å². The lowest BCUT2D eigenvalue weighted by Gasteiger charge is -2.15. The second-order valence-electron chi connectivity index (χ2n) is 5.11. The highest BCUT2D eigenvalue weighted by Gasteiger charge is 2.25. The van der Waals surface area contributed by atoms with Crippen LogP contribution in [0, 0.1) is 5.92 Å². The van der Waals surface area contributed by atoms with Crippen molar-refractivity contribution in [2.45, 2.75) is 25.4 Å². The summed E-state index contributed by atoms with van der Waals surface area (Å²) in [5, 5.41) is 11.2. The number of hydrogen-bond acceptors (Lipinski definition) is 4. The van der Waals surface area contributed by atoms with Crippen molar-refractivity contribution in [1.82, 2.24) is 19.9 Å². The summed E-state index contributed by atoms with van der Waals surface area (Å²) in [4.78, 5) is 12.2. The highest BCUT2D eigenvalue weighted by Crippen LogP contribution is 2.18. The van der Waals surface area contributed by atoms with Gasteiger partial charge in [0.1, 0.15) is 0 Å². The van der Waals surface area contributed by atoms with E-state index in [9.17, 15) is 4.79 Å². The van der Waals surface area contributed by atoms with E-state index in [0.29, 0.717) is 6.42 Å². The number of pyridine rings is 1. The average Bonchev–Trinajstić information content (AvgIpc) is 3.04. The van der Waals surface area contributed by atoms with Gasteiger partial charge in [0.15, 0.2) is 11.5 Å². The molecule has 0 aliphatic heterocycles. The lowest BCUT2D eigenvalue weighted by atomic mass is 10.1. The van der Waals surface area contributed by atoms with E-state index in [1.165, 1.54) is 0 Å². The molecular weight excluding hydrogens is 254 g/mol. The fraction of sp³-hybridized carbons (Fsp3) is 0.357. The van der Waals surface area contributed by atoms with Crippen molar-refractivity contribution in [3.05, 3.63) is 42.4 Å². The summed E-state index contributed by atoms with van der Waals surface area (Å²) in [5.74, 6) is 0.557. The molecule has 3 atom stereocenters. The SMILES string of the molecule is CC(NC(=O)C1C=CC(N)C1)c1nnc2ccccn12. The number of rotatable bonds is 3. The Morgan fingerprint density at radius 3 is 3.05 bits per heavy atom. The molecule has 3 unspecified atom stereocenters. The molecule has 6 heteroatoms. The van der Waals surface area contributed by atoms with Crippen molar-refractivity contribution in [1.29, 1.82) is 0 Å². The second-order valence-corrected chi connectivity index (χ2v) is 5.11. The van der Waals surface area contributed by atoms with Gasteiger partial charge in [0.25, 0.3) is 0 Å². The zero-order chi connectivity index (χ0) is 14.1. The van der Waals surface area contributed by atoms with E-state index in [1.54, 1.807) is 0 Å². The third kappa shape index (κ3) is 2.30. The number of nitrogens with two attached hydrogens (primary N) is 1. The molecular formula is C14H17N5O. The maximum absolute atomic E-state index is 12.2. The van der Waals surface area contributed by atoms with E-state index in [1.807, 2.05) is 47.9 Å². The molecule has 104 valence electrons. The molecule has 2 heterocycles. The molecule has 6 nitrogen and oxygen atoms in total. The fourth-order valence-corrected chi connectivity index (χ4v) is 2.46. The zero-order valence-corrected chi connectivity index (χ0v) is 11.2. The number of aromatic nitrogens is 3. The van der Waals surface area contributed by atoms with Crippen molar-refractivity contribution in [3.63, 3.8) is 0 Å². The normalized spacial score (nSPS) is 23.1. The van der Waals surface area contributed by atoms with Gasteiger partial charge >= 0.3 is 0 Å². The molecule has 1 aliphatic rings. The first-order chi connectivity index (χ1) is 9.65. The summed E-state index contributed by atoms with van der Waals surface area (Å²) in [6.07, 6.45) is 6.30. The number of carbonyl (C=O) groups is 1. The summed E-state index contributed by atoms with van der Waals surface area (Å²) in [5.41, 5.74) is 6.54. The van der Waals surface area contributed by atoms with Crippen LogP contribution in [-0.2, 0) is 4.79 Å². The molecule has 20 heavy (non-hydrogen) atoms. The quantitative estimate of drug-likeness (QED) is 0.809. The van der Waals surface area contributed by atoms with Gasteiger partial charge in [-0.25, -0.2) is 0 Å².